The van der Waals surface area contributed by atoms with Crippen LogP contribution in [0.1, 0.15) is 30.5 Å². The molecule has 0 radical (unpaired) electrons. The van der Waals surface area contributed by atoms with Gasteiger partial charge in [0, 0.05) is 31.0 Å². The number of benzene rings is 3. The van der Waals surface area contributed by atoms with Gasteiger partial charge in [-0.05, 0) is 41.2 Å². The van der Waals surface area contributed by atoms with E-state index in [2.05, 4.69) is 52.5 Å². The SMILES string of the molecule is [C-]#[N+]C(C)(C)c1cc2c3c([n+](C)cnc3c1)-c1c(c(C)c3ccccc3c1C)O2. The summed E-state index contributed by atoms with van der Waals surface area (Å²) in [5, 5.41) is 3.45. The number of hydrogen-bond donors (Lipinski definition) is 0. The van der Waals surface area contributed by atoms with Crippen molar-refractivity contribution in [3.8, 4) is 22.8 Å². The molecule has 0 saturated carbocycles. The molecule has 5 rings (SSSR count). The molecule has 0 N–H and O–H groups in total. The molecule has 0 amide bonds. The van der Waals surface area contributed by atoms with Crippen LogP contribution in [-0.2, 0) is 12.6 Å². The normalized spacial score (nSPS) is 12.6. The van der Waals surface area contributed by atoms with Crippen LogP contribution in [0.25, 0.3) is 37.8 Å². The summed E-state index contributed by atoms with van der Waals surface area (Å²) >= 11 is 0. The van der Waals surface area contributed by atoms with Gasteiger partial charge in [0.25, 0.3) is 11.9 Å². The van der Waals surface area contributed by atoms with Gasteiger partial charge in [0.05, 0.1) is 12.6 Å². The van der Waals surface area contributed by atoms with Crippen LogP contribution in [0.4, 0.5) is 0 Å². The number of rotatable bonds is 1. The second-order valence-corrected chi connectivity index (χ2v) is 8.35. The van der Waals surface area contributed by atoms with E-state index in [9.17, 15) is 0 Å². The summed E-state index contributed by atoms with van der Waals surface area (Å²) in [6.45, 7) is 15.7. The zero-order valence-electron chi connectivity index (χ0n) is 17.3. The van der Waals surface area contributed by atoms with Gasteiger partial charge in [-0.1, -0.05) is 24.3 Å². The van der Waals surface area contributed by atoms with E-state index < -0.39 is 5.54 Å². The first kappa shape index (κ1) is 17.6. The van der Waals surface area contributed by atoms with Gasteiger partial charge in [0.2, 0.25) is 0 Å². The molecular weight excluding hydrogens is 358 g/mol. The molecule has 0 saturated heterocycles. The summed E-state index contributed by atoms with van der Waals surface area (Å²) < 4.78 is 8.63. The highest BCUT2D eigenvalue weighted by Crippen LogP contribution is 2.50. The zero-order chi connectivity index (χ0) is 20.5. The molecule has 0 unspecified atom stereocenters. The van der Waals surface area contributed by atoms with E-state index in [0.29, 0.717) is 0 Å². The maximum Gasteiger partial charge on any atom is 0.287 e. The van der Waals surface area contributed by atoms with E-state index >= 15 is 0 Å². The number of fused-ring (bicyclic) bond motifs is 3. The highest BCUT2D eigenvalue weighted by molar-refractivity contribution is 6.05. The lowest BCUT2D eigenvalue weighted by atomic mass is 9.88. The van der Waals surface area contributed by atoms with Gasteiger partial charge in [-0.2, -0.15) is 0 Å². The first-order valence-electron chi connectivity index (χ1n) is 9.75. The van der Waals surface area contributed by atoms with E-state index in [1.54, 1.807) is 0 Å². The summed E-state index contributed by atoms with van der Waals surface area (Å²) in [5.74, 6) is 1.67. The number of aryl methyl sites for hydroxylation is 3. The minimum atomic E-state index is -0.636. The third kappa shape index (κ3) is 2.31. The molecule has 4 aromatic rings. The summed E-state index contributed by atoms with van der Waals surface area (Å²) in [7, 11) is 2.03. The van der Waals surface area contributed by atoms with Crippen LogP contribution in [0.15, 0.2) is 42.7 Å². The number of hydrogen-bond acceptors (Lipinski definition) is 2. The fourth-order valence-corrected chi connectivity index (χ4v) is 4.40. The molecule has 4 nitrogen and oxygen atoms in total. The van der Waals surface area contributed by atoms with Gasteiger partial charge in [-0.3, -0.25) is 0 Å². The number of ether oxygens (including phenoxy) is 1. The molecule has 1 aliphatic rings. The smallest absolute Gasteiger partial charge is 0.287 e. The Morgan fingerprint density at radius 2 is 1.76 bits per heavy atom. The molecule has 3 aromatic carbocycles. The van der Waals surface area contributed by atoms with E-state index in [1.165, 1.54) is 16.3 Å². The Kier molecular flexibility index (Phi) is 3.51. The fraction of sp³-hybridized carbons (Fsp3) is 0.240. The first-order chi connectivity index (χ1) is 13.8. The highest BCUT2D eigenvalue weighted by atomic mass is 16.5. The Bertz CT molecular complexity index is 1390. The second kappa shape index (κ2) is 5.78. The van der Waals surface area contributed by atoms with Crippen molar-refractivity contribution in [2.24, 2.45) is 7.05 Å². The molecule has 2 heterocycles. The average Bonchev–Trinajstić information content (AvgIpc) is 2.73. The highest BCUT2D eigenvalue weighted by Gasteiger charge is 2.35. The van der Waals surface area contributed by atoms with Crippen LogP contribution < -0.4 is 9.30 Å². The Balaban J connectivity index is 1.96. The summed E-state index contributed by atoms with van der Waals surface area (Å²) in [5.41, 5.74) is 5.72. The quantitative estimate of drug-likeness (QED) is 0.273. The molecule has 29 heavy (non-hydrogen) atoms. The van der Waals surface area contributed by atoms with Crippen molar-refractivity contribution < 1.29 is 9.30 Å². The predicted molar refractivity (Wildman–Crippen MR) is 115 cm³/mol. The standard InChI is InChI=1S/C25H22N3O/c1-14-17-9-7-8-10-18(17)15(2)24-21(14)23-22-19(27-13-28(23)6)11-16(12-20(22)29-24)25(3,4)26-5/h7-13H,1-4,6H3/q+1. The molecule has 1 aliphatic heterocycles. The number of nitrogens with zero attached hydrogens (tertiary/aromatic N) is 3. The van der Waals surface area contributed by atoms with Gasteiger partial charge >= 0.3 is 0 Å². The number of aromatic nitrogens is 2. The monoisotopic (exact) mass is 380 g/mol. The van der Waals surface area contributed by atoms with Crippen LogP contribution in [0.2, 0.25) is 0 Å². The Morgan fingerprint density at radius 1 is 1.07 bits per heavy atom. The Hall–Kier alpha value is -3.45. The summed E-state index contributed by atoms with van der Waals surface area (Å²) in [4.78, 5) is 8.47. The molecule has 1 aromatic heterocycles. The fourth-order valence-electron chi connectivity index (χ4n) is 4.40. The molecule has 4 heteroatoms. The lowest BCUT2D eigenvalue weighted by Gasteiger charge is -2.25. The Labute approximate surface area is 170 Å². The minimum absolute atomic E-state index is 0.636. The zero-order valence-corrected chi connectivity index (χ0v) is 17.3. The minimum Gasteiger partial charge on any atom is -0.455 e. The van der Waals surface area contributed by atoms with Crippen LogP contribution in [0.3, 0.4) is 0 Å². The van der Waals surface area contributed by atoms with Crippen molar-refractivity contribution in [3.63, 3.8) is 0 Å². The maximum atomic E-state index is 7.60. The molecule has 0 aliphatic carbocycles. The van der Waals surface area contributed by atoms with Crippen molar-refractivity contribution in [2.75, 3.05) is 0 Å². The average molecular weight is 380 g/mol. The topological polar surface area (TPSA) is 30.4 Å². The van der Waals surface area contributed by atoms with Gasteiger partial charge < -0.3 is 9.58 Å². The van der Waals surface area contributed by atoms with Crippen molar-refractivity contribution >= 4 is 21.7 Å². The van der Waals surface area contributed by atoms with E-state index in [-0.39, 0.29) is 0 Å². The van der Waals surface area contributed by atoms with Gasteiger partial charge in [-0.25, -0.2) is 11.1 Å². The first-order valence-corrected chi connectivity index (χ1v) is 9.75. The summed E-state index contributed by atoms with van der Waals surface area (Å²) in [6.07, 6.45) is 1.86. The van der Waals surface area contributed by atoms with Crippen LogP contribution >= 0.6 is 0 Å². The van der Waals surface area contributed by atoms with Crippen molar-refractivity contribution in [2.45, 2.75) is 33.2 Å². The molecule has 0 fully saturated rings. The molecule has 0 bridgehead atoms. The Morgan fingerprint density at radius 3 is 2.45 bits per heavy atom. The lowest BCUT2D eigenvalue weighted by molar-refractivity contribution is -0.662. The second-order valence-electron chi connectivity index (χ2n) is 8.35. The van der Waals surface area contributed by atoms with Gasteiger partial charge in [-0.15, -0.1) is 0 Å². The van der Waals surface area contributed by atoms with Crippen LogP contribution in [-0.4, -0.2) is 4.98 Å². The molecule has 142 valence electrons. The molecule has 0 spiro atoms. The third-order valence-electron chi connectivity index (χ3n) is 6.15. The van der Waals surface area contributed by atoms with Crippen molar-refractivity contribution in [1.82, 2.24) is 4.98 Å². The van der Waals surface area contributed by atoms with E-state index in [4.69, 9.17) is 11.3 Å². The van der Waals surface area contributed by atoms with Gasteiger partial charge in [0.15, 0.2) is 11.2 Å². The van der Waals surface area contributed by atoms with Crippen LogP contribution in [0.5, 0.6) is 11.5 Å². The largest absolute Gasteiger partial charge is 0.455 e. The molecule has 0 atom stereocenters. The molecular formula is C25H22N3O+. The van der Waals surface area contributed by atoms with Crippen molar-refractivity contribution in [1.29, 1.82) is 0 Å². The van der Waals surface area contributed by atoms with E-state index in [1.807, 2.05) is 39.4 Å². The summed E-state index contributed by atoms with van der Waals surface area (Å²) in [6, 6.07) is 12.5. The van der Waals surface area contributed by atoms with Crippen molar-refractivity contribution in [3.05, 3.63) is 70.8 Å². The lowest BCUT2D eigenvalue weighted by Crippen LogP contribution is -2.33. The third-order valence-corrected chi connectivity index (χ3v) is 6.15. The van der Waals surface area contributed by atoms with Gasteiger partial charge in [0.1, 0.15) is 16.9 Å². The van der Waals surface area contributed by atoms with Crippen LogP contribution in [0, 0.1) is 20.4 Å². The predicted octanol–water partition coefficient (Wildman–Crippen LogP) is 5.76. The maximum absolute atomic E-state index is 7.60. The van der Waals surface area contributed by atoms with E-state index in [0.717, 1.165) is 44.8 Å².